The molecule has 7 heteroatoms. The van der Waals surface area contributed by atoms with E-state index in [-0.39, 0.29) is 5.75 Å². The van der Waals surface area contributed by atoms with E-state index in [2.05, 4.69) is 9.88 Å². The summed E-state index contributed by atoms with van der Waals surface area (Å²) in [6, 6.07) is 9.86. The molecule has 2 heterocycles. The largest absolute Gasteiger partial charge is 0.439 e. The van der Waals surface area contributed by atoms with Gasteiger partial charge in [-0.25, -0.2) is 13.4 Å². The van der Waals surface area contributed by atoms with Gasteiger partial charge in [-0.05, 0) is 6.92 Å². The fraction of sp³-hybridized carbons (Fsp3) is 0.438. The maximum Gasteiger partial charge on any atom is 0.213 e. The van der Waals surface area contributed by atoms with Crippen LogP contribution in [0, 0.1) is 0 Å². The van der Waals surface area contributed by atoms with E-state index in [1.54, 1.807) is 17.4 Å². The fourth-order valence-corrected chi connectivity index (χ4v) is 3.74. The van der Waals surface area contributed by atoms with Crippen molar-refractivity contribution in [3.63, 3.8) is 0 Å². The molecular weight excluding hydrogens is 314 g/mol. The SMILES string of the molecule is CCS(=O)(=O)N1CCN(Cc2ncc(-c3ccccc3)o2)CC1. The van der Waals surface area contributed by atoms with Crippen LogP contribution in [0.1, 0.15) is 12.8 Å². The van der Waals surface area contributed by atoms with Crippen molar-refractivity contribution in [1.29, 1.82) is 0 Å². The number of sulfonamides is 1. The van der Waals surface area contributed by atoms with Crippen LogP contribution in [0.2, 0.25) is 0 Å². The van der Waals surface area contributed by atoms with Gasteiger partial charge < -0.3 is 4.42 Å². The van der Waals surface area contributed by atoms with Crippen molar-refractivity contribution < 1.29 is 12.8 Å². The first-order valence-electron chi connectivity index (χ1n) is 7.79. The van der Waals surface area contributed by atoms with E-state index in [0.29, 0.717) is 38.6 Å². The van der Waals surface area contributed by atoms with Crippen molar-refractivity contribution in [2.45, 2.75) is 13.5 Å². The topological polar surface area (TPSA) is 66.7 Å². The Balaban J connectivity index is 1.59. The van der Waals surface area contributed by atoms with Gasteiger partial charge in [0.2, 0.25) is 15.9 Å². The molecule has 3 rings (SSSR count). The molecule has 0 bridgehead atoms. The summed E-state index contributed by atoms with van der Waals surface area (Å²) >= 11 is 0. The van der Waals surface area contributed by atoms with E-state index in [1.165, 1.54) is 0 Å². The Morgan fingerprint density at radius 1 is 1.13 bits per heavy atom. The maximum absolute atomic E-state index is 11.9. The molecule has 23 heavy (non-hydrogen) atoms. The molecule has 1 aliphatic rings. The van der Waals surface area contributed by atoms with Crippen LogP contribution in [-0.2, 0) is 16.6 Å². The average molecular weight is 335 g/mol. The summed E-state index contributed by atoms with van der Waals surface area (Å²) in [5.41, 5.74) is 1.00. The molecule has 1 saturated heterocycles. The third kappa shape index (κ3) is 3.80. The Labute approximate surface area is 136 Å². The second-order valence-electron chi connectivity index (χ2n) is 5.56. The summed E-state index contributed by atoms with van der Waals surface area (Å²) in [5.74, 6) is 1.58. The number of rotatable bonds is 5. The highest BCUT2D eigenvalue weighted by Crippen LogP contribution is 2.20. The molecule has 6 nitrogen and oxygen atoms in total. The molecular formula is C16H21N3O3S. The van der Waals surface area contributed by atoms with Gasteiger partial charge in [-0.15, -0.1) is 0 Å². The minimum Gasteiger partial charge on any atom is -0.439 e. The number of piperazine rings is 1. The summed E-state index contributed by atoms with van der Waals surface area (Å²) < 4.78 is 31.1. The van der Waals surface area contributed by atoms with Gasteiger partial charge in [0.15, 0.2) is 5.76 Å². The van der Waals surface area contributed by atoms with Crippen LogP contribution in [-0.4, -0.2) is 54.5 Å². The molecule has 0 amide bonds. The minimum absolute atomic E-state index is 0.160. The molecule has 0 radical (unpaired) electrons. The Bertz CT molecular complexity index is 735. The van der Waals surface area contributed by atoms with Gasteiger partial charge in [0, 0.05) is 31.7 Å². The normalized spacial score (nSPS) is 17.4. The molecule has 0 aliphatic carbocycles. The first-order valence-corrected chi connectivity index (χ1v) is 9.39. The van der Waals surface area contributed by atoms with Gasteiger partial charge >= 0.3 is 0 Å². The van der Waals surface area contributed by atoms with E-state index in [1.807, 2.05) is 30.3 Å². The van der Waals surface area contributed by atoms with Crippen molar-refractivity contribution in [3.8, 4) is 11.3 Å². The zero-order chi connectivity index (χ0) is 16.3. The van der Waals surface area contributed by atoms with Gasteiger partial charge in [-0.2, -0.15) is 4.31 Å². The van der Waals surface area contributed by atoms with Crippen LogP contribution in [0.15, 0.2) is 40.9 Å². The van der Waals surface area contributed by atoms with Gasteiger partial charge in [0.25, 0.3) is 0 Å². The Morgan fingerprint density at radius 3 is 2.48 bits per heavy atom. The van der Waals surface area contributed by atoms with Crippen LogP contribution in [0.5, 0.6) is 0 Å². The average Bonchev–Trinajstić information content (AvgIpc) is 3.05. The highest BCUT2D eigenvalue weighted by molar-refractivity contribution is 7.89. The van der Waals surface area contributed by atoms with Crippen LogP contribution >= 0.6 is 0 Å². The first-order chi connectivity index (χ1) is 11.1. The number of aromatic nitrogens is 1. The predicted octanol–water partition coefficient (Wildman–Crippen LogP) is 1.81. The van der Waals surface area contributed by atoms with Gasteiger partial charge in [0.1, 0.15) is 0 Å². The van der Waals surface area contributed by atoms with Gasteiger partial charge in [0.05, 0.1) is 18.5 Å². The predicted molar refractivity (Wildman–Crippen MR) is 88.2 cm³/mol. The van der Waals surface area contributed by atoms with Crippen molar-refractivity contribution in [1.82, 2.24) is 14.2 Å². The fourth-order valence-electron chi connectivity index (χ4n) is 2.66. The van der Waals surface area contributed by atoms with Gasteiger partial charge in [-0.3, -0.25) is 4.90 Å². The quantitative estimate of drug-likeness (QED) is 0.834. The van der Waals surface area contributed by atoms with Crippen molar-refractivity contribution >= 4 is 10.0 Å². The van der Waals surface area contributed by atoms with Crippen LogP contribution < -0.4 is 0 Å². The molecule has 0 atom stereocenters. The van der Waals surface area contributed by atoms with Crippen molar-refractivity contribution in [2.75, 3.05) is 31.9 Å². The molecule has 0 saturated carbocycles. The summed E-state index contributed by atoms with van der Waals surface area (Å²) in [6.07, 6.45) is 1.74. The second-order valence-corrected chi connectivity index (χ2v) is 7.82. The summed E-state index contributed by atoms with van der Waals surface area (Å²) in [6.45, 7) is 4.74. The minimum atomic E-state index is -3.08. The van der Waals surface area contributed by atoms with E-state index in [4.69, 9.17) is 4.42 Å². The molecule has 2 aromatic rings. The molecule has 1 aromatic carbocycles. The number of oxazole rings is 1. The van der Waals surface area contributed by atoms with Crippen LogP contribution in [0.4, 0.5) is 0 Å². The highest BCUT2D eigenvalue weighted by atomic mass is 32.2. The number of hydrogen-bond donors (Lipinski definition) is 0. The van der Waals surface area contributed by atoms with E-state index < -0.39 is 10.0 Å². The van der Waals surface area contributed by atoms with Crippen LogP contribution in [0.25, 0.3) is 11.3 Å². The van der Waals surface area contributed by atoms with E-state index >= 15 is 0 Å². The second kappa shape index (κ2) is 6.82. The smallest absolute Gasteiger partial charge is 0.213 e. The van der Waals surface area contributed by atoms with Crippen molar-refractivity contribution in [2.24, 2.45) is 0 Å². The molecule has 1 aliphatic heterocycles. The lowest BCUT2D eigenvalue weighted by Gasteiger charge is -2.32. The van der Waals surface area contributed by atoms with E-state index in [9.17, 15) is 8.42 Å². The zero-order valence-electron chi connectivity index (χ0n) is 13.2. The maximum atomic E-state index is 11.9. The molecule has 1 fully saturated rings. The number of benzene rings is 1. The van der Waals surface area contributed by atoms with Crippen LogP contribution in [0.3, 0.4) is 0 Å². The molecule has 0 N–H and O–H groups in total. The standard InChI is InChI=1S/C16H21N3O3S/c1-2-23(20,21)19-10-8-18(9-11-19)13-16-17-12-15(22-16)14-6-4-3-5-7-14/h3-7,12H,2,8-11,13H2,1H3. The first kappa shape index (κ1) is 16.2. The Morgan fingerprint density at radius 2 is 1.83 bits per heavy atom. The third-order valence-electron chi connectivity index (χ3n) is 4.06. The lowest BCUT2D eigenvalue weighted by molar-refractivity contribution is 0.169. The monoisotopic (exact) mass is 335 g/mol. The Kier molecular flexibility index (Phi) is 4.79. The molecule has 1 aromatic heterocycles. The lowest BCUT2D eigenvalue weighted by atomic mass is 10.2. The summed E-state index contributed by atoms with van der Waals surface area (Å²) in [5, 5.41) is 0. The molecule has 0 spiro atoms. The summed E-state index contributed by atoms with van der Waals surface area (Å²) in [7, 11) is -3.08. The van der Waals surface area contributed by atoms with E-state index in [0.717, 1.165) is 11.3 Å². The van der Waals surface area contributed by atoms with Gasteiger partial charge in [-0.1, -0.05) is 30.3 Å². The third-order valence-corrected chi connectivity index (χ3v) is 5.94. The zero-order valence-corrected chi connectivity index (χ0v) is 14.0. The van der Waals surface area contributed by atoms with Crippen molar-refractivity contribution in [3.05, 3.63) is 42.4 Å². The Hall–Kier alpha value is -1.70. The molecule has 124 valence electrons. The highest BCUT2D eigenvalue weighted by Gasteiger charge is 2.26. The number of nitrogens with zero attached hydrogens (tertiary/aromatic N) is 3. The summed E-state index contributed by atoms with van der Waals surface area (Å²) in [4.78, 5) is 6.50. The molecule has 0 unspecified atom stereocenters. The lowest BCUT2D eigenvalue weighted by Crippen LogP contribution is -2.48. The number of hydrogen-bond acceptors (Lipinski definition) is 5.